The molecule has 1 aromatic carbocycles. The lowest BCUT2D eigenvalue weighted by Gasteiger charge is -2.08. The predicted molar refractivity (Wildman–Crippen MR) is 131 cm³/mol. The van der Waals surface area contributed by atoms with E-state index in [9.17, 15) is 9.59 Å². The Bertz CT molecular complexity index is 1350. The minimum absolute atomic E-state index is 0.221. The Morgan fingerprint density at radius 2 is 2.09 bits per heavy atom. The molecule has 0 spiro atoms. The normalized spacial score (nSPS) is 11.2. The molecular weight excluding hydrogens is 442 g/mol. The third-order valence-corrected chi connectivity index (χ3v) is 7.37. The van der Waals surface area contributed by atoms with E-state index in [1.807, 2.05) is 38.2 Å². The molecule has 3 aromatic heterocycles. The van der Waals surface area contributed by atoms with Crippen LogP contribution in [-0.4, -0.2) is 25.4 Å². The second kappa shape index (κ2) is 9.30. The molecule has 0 saturated heterocycles. The van der Waals surface area contributed by atoms with Crippen LogP contribution in [0.5, 0.6) is 0 Å². The van der Waals surface area contributed by atoms with Crippen molar-refractivity contribution in [1.82, 2.24) is 19.5 Å². The number of H-pyrrole nitrogens is 1. The molecule has 9 heteroatoms. The van der Waals surface area contributed by atoms with Crippen molar-refractivity contribution in [2.24, 2.45) is 0 Å². The van der Waals surface area contributed by atoms with E-state index in [0.29, 0.717) is 32.2 Å². The van der Waals surface area contributed by atoms with Crippen molar-refractivity contribution in [3.8, 4) is 0 Å². The van der Waals surface area contributed by atoms with E-state index < -0.39 is 0 Å². The summed E-state index contributed by atoms with van der Waals surface area (Å²) in [7, 11) is 0. The van der Waals surface area contributed by atoms with Gasteiger partial charge in [-0.2, -0.15) is 0 Å². The summed E-state index contributed by atoms with van der Waals surface area (Å²) < 4.78 is 2.09. The number of amides is 1. The van der Waals surface area contributed by atoms with E-state index in [1.165, 1.54) is 23.1 Å². The van der Waals surface area contributed by atoms with Gasteiger partial charge in [-0.1, -0.05) is 36.4 Å². The average molecular weight is 468 g/mol. The highest BCUT2D eigenvalue weighted by Crippen LogP contribution is 2.29. The summed E-state index contributed by atoms with van der Waals surface area (Å²) in [5.41, 5.74) is 3.32. The number of anilines is 1. The Morgan fingerprint density at radius 3 is 2.84 bits per heavy atom. The molecule has 0 radical (unpaired) electrons. The molecule has 0 fully saturated rings. The van der Waals surface area contributed by atoms with Crippen molar-refractivity contribution >= 4 is 44.9 Å². The first-order valence-corrected chi connectivity index (χ1v) is 12.2. The molecule has 0 unspecified atom stereocenters. The molecule has 2 N–H and O–H groups in total. The van der Waals surface area contributed by atoms with Gasteiger partial charge in [-0.25, -0.2) is 9.97 Å². The van der Waals surface area contributed by atoms with Crippen LogP contribution in [0.4, 0.5) is 5.69 Å². The number of nitrogens with one attached hydrogen (secondary N) is 2. The molecule has 0 atom stereocenters. The van der Waals surface area contributed by atoms with Gasteiger partial charge in [0.05, 0.1) is 16.0 Å². The molecule has 32 heavy (non-hydrogen) atoms. The first-order chi connectivity index (χ1) is 15.4. The molecule has 4 aromatic rings. The van der Waals surface area contributed by atoms with Crippen molar-refractivity contribution in [2.75, 3.05) is 5.32 Å². The SMILES string of the molecule is CCCn1ccnc1SCc1nc2sc(C(=O)Nc3ccc(C)cc3C)c(C)c2c(=O)[nH]1. The maximum Gasteiger partial charge on any atom is 0.266 e. The van der Waals surface area contributed by atoms with Gasteiger partial charge >= 0.3 is 0 Å². The number of carbonyl (C=O) groups is 1. The Hall–Kier alpha value is -2.91. The number of aromatic amines is 1. The Labute approximate surface area is 194 Å². The van der Waals surface area contributed by atoms with E-state index >= 15 is 0 Å². The van der Waals surface area contributed by atoms with Crippen LogP contribution in [0, 0.1) is 20.8 Å². The van der Waals surface area contributed by atoms with E-state index in [0.717, 1.165) is 34.9 Å². The minimum Gasteiger partial charge on any atom is -0.326 e. The summed E-state index contributed by atoms with van der Waals surface area (Å²) in [5, 5.41) is 4.34. The van der Waals surface area contributed by atoms with Crippen molar-refractivity contribution in [3.05, 3.63) is 68.3 Å². The zero-order valence-electron chi connectivity index (χ0n) is 18.5. The summed E-state index contributed by atoms with van der Waals surface area (Å²) in [6, 6.07) is 5.88. The summed E-state index contributed by atoms with van der Waals surface area (Å²) in [5.74, 6) is 0.836. The molecular formula is C23H25N5O2S2. The summed E-state index contributed by atoms with van der Waals surface area (Å²) >= 11 is 2.78. The maximum absolute atomic E-state index is 13.0. The second-order valence-electron chi connectivity index (χ2n) is 7.71. The fraction of sp³-hybridized carbons (Fsp3) is 0.304. The number of thioether (sulfide) groups is 1. The second-order valence-corrected chi connectivity index (χ2v) is 9.65. The largest absolute Gasteiger partial charge is 0.326 e. The van der Waals surface area contributed by atoms with Gasteiger partial charge in [-0.05, 0) is 44.4 Å². The maximum atomic E-state index is 13.0. The highest BCUT2D eigenvalue weighted by atomic mass is 32.2. The predicted octanol–water partition coefficient (Wildman–Crippen LogP) is 5.06. The van der Waals surface area contributed by atoms with Gasteiger partial charge in [0.15, 0.2) is 5.16 Å². The zero-order chi connectivity index (χ0) is 22.8. The van der Waals surface area contributed by atoms with Crippen LogP contribution in [0.25, 0.3) is 10.2 Å². The number of fused-ring (bicyclic) bond motifs is 1. The minimum atomic E-state index is -0.227. The molecule has 1 amide bonds. The number of imidazole rings is 1. The van der Waals surface area contributed by atoms with Crippen molar-refractivity contribution in [1.29, 1.82) is 0 Å². The van der Waals surface area contributed by atoms with Crippen LogP contribution < -0.4 is 10.9 Å². The molecule has 3 heterocycles. The molecule has 0 saturated carbocycles. The van der Waals surface area contributed by atoms with E-state index in [4.69, 9.17) is 0 Å². The number of rotatable bonds is 7. The lowest BCUT2D eigenvalue weighted by molar-refractivity contribution is 0.103. The molecule has 166 valence electrons. The third-order valence-electron chi connectivity index (χ3n) is 5.17. The Morgan fingerprint density at radius 1 is 1.28 bits per heavy atom. The van der Waals surface area contributed by atoms with Gasteiger partial charge in [-0.15, -0.1) is 11.3 Å². The van der Waals surface area contributed by atoms with Gasteiger partial charge in [0, 0.05) is 24.6 Å². The van der Waals surface area contributed by atoms with Crippen LogP contribution in [0.1, 0.15) is 45.5 Å². The molecule has 0 aliphatic rings. The number of aryl methyl sites for hydroxylation is 4. The molecule has 0 aliphatic carbocycles. The summed E-state index contributed by atoms with van der Waals surface area (Å²) in [6.07, 6.45) is 4.75. The highest BCUT2D eigenvalue weighted by molar-refractivity contribution is 7.98. The third kappa shape index (κ3) is 4.49. The monoisotopic (exact) mass is 467 g/mol. The number of carbonyl (C=O) groups excluding carboxylic acids is 1. The molecule has 0 aliphatic heterocycles. The molecule has 7 nitrogen and oxygen atoms in total. The summed E-state index contributed by atoms with van der Waals surface area (Å²) in [6.45, 7) is 8.79. The van der Waals surface area contributed by atoms with Crippen LogP contribution >= 0.6 is 23.1 Å². The van der Waals surface area contributed by atoms with Crippen LogP contribution in [0.15, 0.2) is 40.5 Å². The van der Waals surface area contributed by atoms with Gasteiger partial charge in [0.2, 0.25) is 0 Å². The fourth-order valence-corrected chi connectivity index (χ4v) is 5.54. The molecule has 4 rings (SSSR count). The van der Waals surface area contributed by atoms with Gasteiger partial charge < -0.3 is 14.9 Å². The fourth-order valence-electron chi connectivity index (χ4n) is 3.59. The highest BCUT2D eigenvalue weighted by Gasteiger charge is 2.20. The van der Waals surface area contributed by atoms with Crippen LogP contribution in [0.2, 0.25) is 0 Å². The lowest BCUT2D eigenvalue weighted by atomic mass is 10.1. The van der Waals surface area contributed by atoms with Crippen LogP contribution in [-0.2, 0) is 12.3 Å². The first-order valence-electron chi connectivity index (χ1n) is 10.4. The smallest absolute Gasteiger partial charge is 0.266 e. The number of hydrogen-bond donors (Lipinski definition) is 2. The van der Waals surface area contributed by atoms with Crippen molar-refractivity contribution in [3.63, 3.8) is 0 Å². The first kappa shape index (κ1) is 22.3. The van der Waals surface area contributed by atoms with E-state index in [2.05, 4.69) is 31.8 Å². The number of nitrogens with zero attached hydrogens (tertiary/aromatic N) is 3. The van der Waals surface area contributed by atoms with E-state index in [1.54, 1.807) is 13.1 Å². The standard InChI is InChI=1S/C23H25N5O2S2/c1-5-9-28-10-8-24-23(28)31-12-17-26-20(29)18-15(4)19(32-22(18)27-17)21(30)25-16-7-6-13(2)11-14(16)3/h6-8,10-11H,5,9,12H2,1-4H3,(H,25,30)(H,26,27,29). The Balaban J connectivity index is 1.59. The topological polar surface area (TPSA) is 92.7 Å². The summed E-state index contributed by atoms with van der Waals surface area (Å²) in [4.78, 5) is 38.7. The van der Waals surface area contributed by atoms with E-state index in [-0.39, 0.29) is 11.5 Å². The van der Waals surface area contributed by atoms with Crippen molar-refractivity contribution < 1.29 is 4.79 Å². The number of aromatic nitrogens is 4. The van der Waals surface area contributed by atoms with Gasteiger partial charge in [0.25, 0.3) is 11.5 Å². The quantitative estimate of drug-likeness (QED) is 0.371. The van der Waals surface area contributed by atoms with Crippen LogP contribution in [0.3, 0.4) is 0 Å². The Kier molecular flexibility index (Phi) is 6.48. The van der Waals surface area contributed by atoms with Crippen molar-refractivity contribution in [2.45, 2.75) is 51.6 Å². The zero-order valence-corrected chi connectivity index (χ0v) is 20.1. The number of thiophene rings is 1. The molecule has 0 bridgehead atoms. The number of hydrogen-bond acceptors (Lipinski definition) is 6. The average Bonchev–Trinajstić information content (AvgIpc) is 3.33. The number of benzene rings is 1. The lowest BCUT2D eigenvalue weighted by Crippen LogP contribution is -2.13. The van der Waals surface area contributed by atoms with Gasteiger partial charge in [-0.3, -0.25) is 9.59 Å². The van der Waals surface area contributed by atoms with Gasteiger partial charge in [0.1, 0.15) is 10.7 Å².